The SMILES string of the molecule is [CH2]CCC(N)C(=O)NC1CCCC1. The van der Waals surface area contributed by atoms with E-state index in [-0.39, 0.29) is 11.9 Å². The van der Waals surface area contributed by atoms with Crippen molar-refractivity contribution < 1.29 is 4.79 Å². The van der Waals surface area contributed by atoms with E-state index in [0.29, 0.717) is 12.5 Å². The Morgan fingerprint density at radius 3 is 2.69 bits per heavy atom. The van der Waals surface area contributed by atoms with Crippen LogP contribution < -0.4 is 11.1 Å². The van der Waals surface area contributed by atoms with Gasteiger partial charge < -0.3 is 11.1 Å². The molecule has 3 N–H and O–H groups in total. The van der Waals surface area contributed by atoms with Crippen molar-refractivity contribution >= 4 is 5.91 Å². The largest absolute Gasteiger partial charge is 0.352 e. The smallest absolute Gasteiger partial charge is 0.237 e. The van der Waals surface area contributed by atoms with Crippen LogP contribution in [0.2, 0.25) is 0 Å². The Morgan fingerprint density at radius 1 is 1.54 bits per heavy atom. The van der Waals surface area contributed by atoms with Crippen molar-refractivity contribution in [2.45, 2.75) is 50.6 Å². The van der Waals surface area contributed by atoms with E-state index in [1.54, 1.807) is 0 Å². The molecule has 3 nitrogen and oxygen atoms in total. The zero-order chi connectivity index (χ0) is 9.68. The second-order valence-electron chi connectivity index (χ2n) is 3.74. The second-order valence-corrected chi connectivity index (χ2v) is 3.74. The average Bonchev–Trinajstić information content (AvgIpc) is 2.57. The van der Waals surface area contributed by atoms with Crippen molar-refractivity contribution in [1.29, 1.82) is 0 Å². The monoisotopic (exact) mass is 183 g/mol. The van der Waals surface area contributed by atoms with E-state index in [2.05, 4.69) is 12.2 Å². The molecule has 1 aliphatic rings. The highest BCUT2D eigenvalue weighted by atomic mass is 16.2. The predicted molar refractivity (Wildman–Crippen MR) is 53.0 cm³/mol. The molecule has 1 unspecified atom stereocenters. The molecule has 3 heteroatoms. The third-order valence-corrected chi connectivity index (χ3v) is 2.55. The lowest BCUT2D eigenvalue weighted by molar-refractivity contribution is -0.123. The van der Waals surface area contributed by atoms with E-state index in [4.69, 9.17) is 5.73 Å². The molecule has 0 aromatic carbocycles. The Kier molecular flexibility index (Phi) is 4.22. The summed E-state index contributed by atoms with van der Waals surface area (Å²) in [6.07, 6.45) is 6.09. The lowest BCUT2D eigenvalue weighted by Crippen LogP contribution is -2.44. The van der Waals surface area contributed by atoms with Crippen LogP contribution >= 0.6 is 0 Å². The number of hydrogen-bond donors (Lipinski definition) is 2. The average molecular weight is 183 g/mol. The maximum Gasteiger partial charge on any atom is 0.237 e. The molecule has 13 heavy (non-hydrogen) atoms. The Bertz CT molecular complexity index is 164. The first-order valence-electron chi connectivity index (χ1n) is 5.09. The molecule has 1 atom stereocenters. The van der Waals surface area contributed by atoms with Crippen molar-refractivity contribution in [3.63, 3.8) is 0 Å². The molecule has 0 heterocycles. The van der Waals surface area contributed by atoms with Crippen molar-refractivity contribution in [2.24, 2.45) is 5.73 Å². The van der Waals surface area contributed by atoms with E-state index in [9.17, 15) is 4.79 Å². The fourth-order valence-corrected chi connectivity index (χ4v) is 1.73. The summed E-state index contributed by atoms with van der Waals surface area (Å²) < 4.78 is 0. The molecule has 0 aliphatic heterocycles. The first-order valence-corrected chi connectivity index (χ1v) is 5.09. The zero-order valence-corrected chi connectivity index (χ0v) is 8.09. The number of nitrogens with one attached hydrogen (secondary N) is 1. The molecular weight excluding hydrogens is 164 g/mol. The quantitative estimate of drug-likeness (QED) is 0.683. The maximum atomic E-state index is 11.4. The molecule has 1 aliphatic carbocycles. The van der Waals surface area contributed by atoms with Gasteiger partial charge >= 0.3 is 0 Å². The molecule has 1 radical (unpaired) electrons. The van der Waals surface area contributed by atoms with E-state index < -0.39 is 0 Å². The highest BCUT2D eigenvalue weighted by Crippen LogP contribution is 2.17. The summed E-state index contributed by atoms with van der Waals surface area (Å²) in [5.41, 5.74) is 5.65. The Hall–Kier alpha value is -0.570. The highest BCUT2D eigenvalue weighted by molar-refractivity contribution is 5.81. The summed E-state index contributed by atoms with van der Waals surface area (Å²) in [5, 5.41) is 2.97. The summed E-state index contributed by atoms with van der Waals surface area (Å²) in [5.74, 6) is -0.00412. The van der Waals surface area contributed by atoms with Crippen LogP contribution in [0.1, 0.15) is 38.5 Å². The van der Waals surface area contributed by atoms with Crippen LogP contribution in [0.25, 0.3) is 0 Å². The first kappa shape index (κ1) is 10.5. The number of carbonyl (C=O) groups excluding carboxylic acids is 1. The lowest BCUT2D eigenvalue weighted by Gasteiger charge is -2.15. The predicted octanol–water partition coefficient (Wildman–Crippen LogP) is 0.987. The summed E-state index contributed by atoms with van der Waals surface area (Å²) in [7, 11) is 0. The van der Waals surface area contributed by atoms with E-state index in [0.717, 1.165) is 19.3 Å². The number of rotatable bonds is 4. The normalized spacial score (nSPS) is 20.2. The Morgan fingerprint density at radius 2 is 2.15 bits per heavy atom. The van der Waals surface area contributed by atoms with Crippen molar-refractivity contribution in [2.75, 3.05) is 0 Å². The Balaban J connectivity index is 2.22. The summed E-state index contributed by atoms with van der Waals surface area (Å²) in [4.78, 5) is 11.4. The van der Waals surface area contributed by atoms with E-state index >= 15 is 0 Å². The maximum absolute atomic E-state index is 11.4. The number of nitrogens with two attached hydrogens (primary N) is 1. The summed E-state index contributed by atoms with van der Waals surface area (Å²) in [6.45, 7) is 3.68. The van der Waals surface area contributed by atoms with Crippen LogP contribution in [0, 0.1) is 6.92 Å². The molecule has 0 aromatic rings. The zero-order valence-electron chi connectivity index (χ0n) is 8.09. The highest BCUT2D eigenvalue weighted by Gasteiger charge is 2.19. The molecule has 1 rings (SSSR count). The minimum Gasteiger partial charge on any atom is -0.352 e. The van der Waals surface area contributed by atoms with Gasteiger partial charge in [-0.15, -0.1) is 0 Å². The van der Waals surface area contributed by atoms with Crippen molar-refractivity contribution in [3.8, 4) is 0 Å². The third kappa shape index (κ3) is 3.35. The van der Waals surface area contributed by atoms with Gasteiger partial charge in [0.2, 0.25) is 5.91 Å². The molecule has 1 saturated carbocycles. The van der Waals surface area contributed by atoms with Crippen LogP contribution in [-0.2, 0) is 4.79 Å². The van der Waals surface area contributed by atoms with Crippen LogP contribution in [0.3, 0.4) is 0 Å². The minimum atomic E-state index is -0.363. The minimum absolute atomic E-state index is 0.00412. The number of amides is 1. The number of hydrogen-bond acceptors (Lipinski definition) is 2. The van der Waals surface area contributed by atoms with Crippen LogP contribution in [0.4, 0.5) is 0 Å². The van der Waals surface area contributed by atoms with Gasteiger partial charge in [0, 0.05) is 6.04 Å². The molecule has 0 aromatic heterocycles. The van der Waals surface area contributed by atoms with Gasteiger partial charge in [-0.2, -0.15) is 0 Å². The van der Waals surface area contributed by atoms with Gasteiger partial charge in [-0.25, -0.2) is 0 Å². The van der Waals surface area contributed by atoms with Crippen LogP contribution in [0.15, 0.2) is 0 Å². The molecular formula is C10H19N2O. The molecule has 0 spiro atoms. The van der Waals surface area contributed by atoms with Gasteiger partial charge in [-0.3, -0.25) is 4.79 Å². The fraction of sp³-hybridized carbons (Fsp3) is 0.800. The second kappa shape index (κ2) is 5.22. The van der Waals surface area contributed by atoms with Gasteiger partial charge in [0.1, 0.15) is 0 Å². The standard InChI is InChI=1S/C10H19N2O/c1-2-5-9(11)10(13)12-8-6-3-4-7-8/h8-9H,1-7,11H2,(H,12,13). The molecule has 75 valence electrons. The lowest BCUT2D eigenvalue weighted by atomic mass is 10.1. The summed E-state index contributed by atoms with van der Waals surface area (Å²) in [6, 6.07) is 0.0152. The topological polar surface area (TPSA) is 55.1 Å². The van der Waals surface area contributed by atoms with Gasteiger partial charge in [0.25, 0.3) is 0 Å². The molecule has 0 saturated heterocycles. The number of carbonyl (C=O) groups is 1. The van der Waals surface area contributed by atoms with Crippen molar-refractivity contribution in [3.05, 3.63) is 6.92 Å². The van der Waals surface area contributed by atoms with Gasteiger partial charge in [0.05, 0.1) is 6.04 Å². The fourth-order valence-electron chi connectivity index (χ4n) is 1.73. The van der Waals surface area contributed by atoms with Crippen LogP contribution in [-0.4, -0.2) is 18.0 Å². The molecule has 0 bridgehead atoms. The molecule has 1 amide bonds. The van der Waals surface area contributed by atoms with Crippen LogP contribution in [0.5, 0.6) is 0 Å². The van der Waals surface area contributed by atoms with E-state index in [1.807, 2.05) is 0 Å². The third-order valence-electron chi connectivity index (χ3n) is 2.55. The molecule has 1 fully saturated rings. The van der Waals surface area contributed by atoms with E-state index in [1.165, 1.54) is 12.8 Å². The van der Waals surface area contributed by atoms with Gasteiger partial charge in [-0.05, 0) is 19.3 Å². The first-order chi connectivity index (χ1) is 6.24. The van der Waals surface area contributed by atoms with Gasteiger partial charge in [-0.1, -0.05) is 26.2 Å². The summed E-state index contributed by atoms with van der Waals surface area (Å²) >= 11 is 0. The van der Waals surface area contributed by atoms with Crippen molar-refractivity contribution in [1.82, 2.24) is 5.32 Å². The Labute approximate surface area is 80.1 Å². The van der Waals surface area contributed by atoms with Gasteiger partial charge in [0.15, 0.2) is 0 Å².